The van der Waals surface area contributed by atoms with Crippen molar-refractivity contribution in [2.75, 3.05) is 7.11 Å². The molecule has 1 aromatic heterocycles. The van der Waals surface area contributed by atoms with Crippen LogP contribution in [-0.2, 0) is 14.9 Å². The fourth-order valence-corrected chi connectivity index (χ4v) is 2.36. The first-order valence-electron chi connectivity index (χ1n) is 6.04. The summed E-state index contributed by atoms with van der Waals surface area (Å²) >= 11 is 0. The number of nitrogens with zero attached hydrogens (tertiary/aromatic N) is 1. The third-order valence-corrected chi connectivity index (χ3v) is 3.90. The maximum atomic E-state index is 11.7. The normalized spacial score (nSPS) is 12.0. The molecule has 0 amide bonds. The average molecular weight is 296 g/mol. The molecule has 20 heavy (non-hydrogen) atoms. The highest BCUT2D eigenvalue weighted by Crippen LogP contribution is 2.23. The predicted octanol–water partition coefficient (Wildman–Crippen LogP) is 2.30. The number of oxazole rings is 1. The molecule has 0 saturated carbocycles. The molecule has 0 radical (unpaired) electrons. The first-order valence-corrected chi connectivity index (χ1v) is 7.53. The molecule has 6 nitrogen and oxygen atoms in total. The lowest BCUT2D eigenvalue weighted by Gasteiger charge is -2.04. The van der Waals surface area contributed by atoms with Gasteiger partial charge in [-0.2, -0.15) is 4.98 Å². The molecule has 2 rings (SSSR count). The largest absolute Gasteiger partial charge is 0.443 e. The van der Waals surface area contributed by atoms with Crippen LogP contribution in [0.25, 0.3) is 11.5 Å². The number of benzene rings is 1. The number of nitrogens with one attached hydrogen (secondary N) is 1. The van der Waals surface area contributed by atoms with Crippen molar-refractivity contribution in [3.63, 3.8) is 0 Å². The zero-order valence-corrected chi connectivity index (χ0v) is 12.3. The van der Waals surface area contributed by atoms with Crippen molar-refractivity contribution in [3.05, 3.63) is 36.1 Å². The minimum atomic E-state index is -3.80. The van der Waals surface area contributed by atoms with E-state index in [-0.39, 0.29) is 10.9 Å². The molecule has 0 bridgehead atoms. The molecule has 1 aromatic carbocycles. The van der Waals surface area contributed by atoms with Gasteiger partial charge in [-0.25, -0.2) is 8.42 Å². The van der Waals surface area contributed by atoms with E-state index in [2.05, 4.69) is 23.7 Å². The van der Waals surface area contributed by atoms with Gasteiger partial charge in [0.2, 0.25) is 10.9 Å². The first kappa shape index (κ1) is 14.7. The molecule has 7 heteroatoms. The van der Waals surface area contributed by atoms with E-state index in [1.807, 2.05) is 29.2 Å². The Hall–Kier alpha value is -1.70. The van der Waals surface area contributed by atoms with Gasteiger partial charge in [-0.1, -0.05) is 30.9 Å². The summed E-state index contributed by atoms with van der Waals surface area (Å²) < 4.78 is 28.5. The van der Waals surface area contributed by atoms with Gasteiger partial charge in [-0.05, 0) is 23.6 Å². The Bertz CT molecular complexity index is 675. The maximum absolute atomic E-state index is 11.7. The lowest BCUT2D eigenvalue weighted by atomic mass is 10.0. The standard InChI is InChI=1S/C13H16N2O4S/c1-9(2)10-4-6-11(7-5-10)13-14-12(8-19-13)20(16,17)15-18-3/h4-9,15H,1-3H3. The highest BCUT2D eigenvalue weighted by Gasteiger charge is 2.19. The van der Waals surface area contributed by atoms with E-state index >= 15 is 0 Å². The highest BCUT2D eigenvalue weighted by atomic mass is 32.2. The zero-order chi connectivity index (χ0) is 14.8. The van der Waals surface area contributed by atoms with E-state index in [1.54, 1.807) is 0 Å². The summed E-state index contributed by atoms with van der Waals surface area (Å²) in [6.45, 7) is 4.20. The third kappa shape index (κ3) is 3.06. The summed E-state index contributed by atoms with van der Waals surface area (Å²) in [7, 11) is -2.58. The van der Waals surface area contributed by atoms with E-state index in [1.165, 1.54) is 12.7 Å². The van der Waals surface area contributed by atoms with Crippen LogP contribution >= 0.6 is 0 Å². The van der Waals surface area contributed by atoms with Crippen molar-refractivity contribution in [2.24, 2.45) is 0 Å². The van der Waals surface area contributed by atoms with Gasteiger partial charge in [-0.3, -0.25) is 4.84 Å². The quantitative estimate of drug-likeness (QED) is 0.856. The van der Waals surface area contributed by atoms with Gasteiger partial charge in [0.1, 0.15) is 6.26 Å². The van der Waals surface area contributed by atoms with Crippen molar-refractivity contribution in [1.29, 1.82) is 0 Å². The van der Waals surface area contributed by atoms with Gasteiger partial charge in [-0.15, -0.1) is 0 Å². The summed E-state index contributed by atoms with van der Waals surface area (Å²) in [6, 6.07) is 7.63. The van der Waals surface area contributed by atoms with Crippen LogP contribution in [0, 0.1) is 0 Å². The van der Waals surface area contributed by atoms with Crippen molar-refractivity contribution >= 4 is 10.0 Å². The summed E-state index contributed by atoms with van der Waals surface area (Å²) in [6.07, 6.45) is 1.08. The summed E-state index contributed by atoms with van der Waals surface area (Å²) in [5.74, 6) is 0.673. The first-order chi connectivity index (χ1) is 9.44. The van der Waals surface area contributed by atoms with E-state index in [0.717, 1.165) is 6.26 Å². The molecule has 1 N–H and O–H groups in total. The number of sulfonamides is 1. The second-order valence-corrected chi connectivity index (χ2v) is 6.15. The molecular formula is C13H16N2O4S. The zero-order valence-electron chi connectivity index (χ0n) is 11.5. The molecule has 2 aromatic rings. The Morgan fingerprint density at radius 3 is 2.45 bits per heavy atom. The van der Waals surface area contributed by atoms with Gasteiger partial charge >= 0.3 is 0 Å². The summed E-state index contributed by atoms with van der Waals surface area (Å²) in [5, 5.41) is -0.220. The fourth-order valence-electron chi connectivity index (χ4n) is 1.68. The van der Waals surface area contributed by atoms with E-state index in [4.69, 9.17) is 4.42 Å². The molecule has 0 atom stereocenters. The van der Waals surface area contributed by atoms with Gasteiger partial charge in [0.05, 0.1) is 7.11 Å². The smallest absolute Gasteiger partial charge is 0.283 e. The predicted molar refractivity (Wildman–Crippen MR) is 73.4 cm³/mol. The molecular weight excluding hydrogens is 280 g/mol. The fraction of sp³-hybridized carbons (Fsp3) is 0.308. The Labute approximate surface area is 117 Å². The van der Waals surface area contributed by atoms with Gasteiger partial charge < -0.3 is 4.42 Å². The van der Waals surface area contributed by atoms with Crippen LogP contribution < -0.4 is 4.89 Å². The number of aromatic nitrogens is 1. The third-order valence-electron chi connectivity index (χ3n) is 2.78. The average Bonchev–Trinajstić information content (AvgIpc) is 2.89. The van der Waals surface area contributed by atoms with E-state index in [9.17, 15) is 8.42 Å². The number of rotatable bonds is 5. The Morgan fingerprint density at radius 2 is 1.90 bits per heavy atom. The molecule has 108 valence electrons. The summed E-state index contributed by atoms with van der Waals surface area (Å²) in [4.78, 5) is 10.2. The number of hydrogen-bond donors (Lipinski definition) is 1. The number of hydrogen-bond acceptors (Lipinski definition) is 5. The van der Waals surface area contributed by atoms with Gasteiger partial charge in [0.15, 0.2) is 0 Å². The van der Waals surface area contributed by atoms with Crippen LogP contribution in [0.15, 0.2) is 40.0 Å². The monoisotopic (exact) mass is 296 g/mol. The SMILES string of the molecule is CONS(=O)(=O)c1coc(-c2ccc(C(C)C)cc2)n1. The van der Waals surface area contributed by atoms with E-state index < -0.39 is 10.0 Å². The molecule has 0 fully saturated rings. The minimum Gasteiger partial charge on any atom is -0.443 e. The van der Waals surface area contributed by atoms with Crippen molar-refractivity contribution in [3.8, 4) is 11.5 Å². The van der Waals surface area contributed by atoms with Crippen molar-refractivity contribution in [2.45, 2.75) is 24.8 Å². The Kier molecular flexibility index (Phi) is 4.22. The highest BCUT2D eigenvalue weighted by molar-refractivity contribution is 7.89. The van der Waals surface area contributed by atoms with Crippen LogP contribution in [0.2, 0.25) is 0 Å². The second kappa shape index (κ2) is 5.74. The van der Waals surface area contributed by atoms with Gasteiger partial charge in [0, 0.05) is 5.56 Å². The molecule has 0 spiro atoms. The van der Waals surface area contributed by atoms with Crippen LogP contribution in [0.3, 0.4) is 0 Å². The minimum absolute atomic E-state index is 0.220. The van der Waals surface area contributed by atoms with Crippen LogP contribution in [0.1, 0.15) is 25.3 Å². The van der Waals surface area contributed by atoms with Crippen molar-refractivity contribution in [1.82, 2.24) is 9.87 Å². The topological polar surface area (TPSA) is 81.4 Å². The molecule has 1 heterocycles. The molecule has 0 saturated heterocycles. The maximum Gasteiger partial charge on any atom is 0.283 e. The van der Waals surface area contributed by atoms with Crippen molar-refractivity contribution < 1.29 is 17.7 Å². The van der Waals surface area contributed by atoms with Crippen LogP contribution in [0.4, 0.5) is 0 Å². The van der Waals surface area contributed by atoms with Crippen LogP contribution in [0.5, 0.6) is 0 Å². The molecule has 0 aliphatic heterocycles. The van der Waals surface area contributed by atoms with Crippen LogP contribution in [-0.4, -0.2) is 20.5 Å². The Morgan fingerprint density at radius 1 is 1.25 bits per heavy atom. The molecule has 0 unspecified atom stereocenters. The summed E-state index contributed by atoms with van der Waals surface area (Å²) in [5.41, 5.74) is 1.91. The second-order valence-electron chi connectivity index (χ2n) is 4.56. The Balaban J connectivity index is 2.29. The van der Waals surface area contributed by atoms with E-state index in [0.29, 0.717) is 11.5 Å². The molecule has 0 aliphatic carbocycles. The molecule has 0 aliphatic rings. The van der Waals surface area contributed by atoms with Gasteiger partial charge in [0.25, 0.3) is 10.0 Å². The lowest BCUT2D eigenvalue weighted by molar-refractivity contribution is 0.153. The lowest BCUT2D eigenvalue weighted by Crippen LogP contribution is -2.22.